The molecular formula is C15H26N2O2S2. The standard InChI is InChI=1S/C15H26N2O2S2/c1-5-14(12-20-4)17(3)21(18,19)15-9-7-8-13(10-15)11-16-6-2/h7-10,14,16H,5-6,11-12H2,1-4H3. The fourth-order valence-corrected chi connectivity index (χ4v) is 4.56. The third-order valence-corrected chi connectivity index (χ3v) is 6.12. The van der Waals surface area contributed by atoms with Crippen LogP contribution in [0.3, 0.4) is 0 Å². The highest BCUT2D eigenvalue weighted by atomic mass is 32.2. The molecule has 4 nitrogen and oxygen atoms in total. The van der Waals surface area contributed by atoms with Gasteiger partial charge < -0.3 is 5.32 Å². The van der Waals surface area contributed by atoms with E-state index in [4.69, 9.17) is 0 Å². The molecule has 120 valence electrons. The van der Waals surface area contributed by atoms with Gasteiger partial charge in [0.2, 0.25) is 10.0 Å². The third kappa shape index (κ3) is 4.98. The normalized spacial score (nSPS) is 13.6. The van der Waals surface area contributed by atoms with Crippen LogP contribution in [0.4, 0.5) is 0 Å². The van der Waals surface area contributed by atoms with Crippen LogP contribution < -0.4 is 5.32 Å². The zero-order chi connectivity index (χ0) is 15.9. The van der Waals surface area contributed by atoms with Crippen molar-refractivity contribution in [1.82, 2.24) is 9.62 Å². The Hall–Kier alpha value is -0.560. The van der Waals surface area contributed by atoms with Gasteiger partial charge in [0.25, 0.3) is 0 Å². The summed E-state index contributed by atoms with van der Waals surface area (Å²) in [6.45, 7) is 5.60. The van der Waals surface area contributed by atoms with Gasteiger partial charge >= 0.3 is 0 Å². The molecule has 1 aromatic carbocycles. The molecule has 6 heteroatoms. The topological polar surface area (TPSA) is 49.4 Å². The summed E-state index contributed by atoms with van der Waals surface area (Å²) in [5.74, 6) is 0.809. The van der Waals surface area contributed by atoms with E-state index in [1.54, 1.807) is 30.9 Å². The van der Waals surface area contributed by atoms with E-state index >= 15 is 0 Å². The Balaban J connectivity index is 3.00. The Morgan fingerprint density at radius 2 is 2.05 bits per heavy atom. The molecule has 0 heterocycles. The minimum Gasteiger partial charge on any atom is -0.313 e. The molecule has 1 unspecified atom stereocenters. The van der Waals surface area contributed by atoms with Gasteiger partial charge in [0, 0.05) is 25.4 Å². The number of hydrogen-bond donors (Lipinski definition) is 1. The van der Waals surface area contributed by atoms with Crippen molar-refractivity contribution in [2.45, 2.75) is 37.8 Å². The second kappa shape index (κ2) is 8.78. The minimum atomic E-state index is -3.43. The lowest BCUT2D eigenvalue weighted by Crippen LogP contribution is -2.38. The van der Waals surface area contributed by atoms with Crippen molar-refractivity contribution in [3.8, 4) is 0 Å². The maximum atomic E-state index is 12.7. The van der Waals surface area contributed by atoms with Gasteiger partial charge in [0.1, 0.15) is 0 Å². The highest BCUT2D eigenvalue weighted by molar-refractivity contribution is 7.98. The summed E-state index contributed by atoms with van der Waals surface area (Å²) in [6, 6.07) is 7.22. The molecule has 0 fully saturated rings. The van der Waals surface area contributed by atoms with Gasteiger partial charge in [-0.25, -0.2) is 8.42 Å². The van der Waals surface area contributed by atoms with Crippen molar-refractivity contribution >= 4 is 21.8 Å². The molecule has 0 spiro atoms. The molecule has 0 aromatic heterocycles. The first-order valence-corrected chi connectivity index (χ1v) is 10.1. The fourth-order valence-electron chi connectivity index (χ4n) is 2.12. The monoisotopic (exact) mass is 330 g/mol. The van der Waals surface area contributed by atoms with E-state index in [1.807, 2.05) is 32.2 Å². The number of nitrogens with zero attached hydrogens (tertiary/aromatic N) is 1. The summed E-state index contributed by atoms with van der Waals surface area (Å²) < 4.78 is 27.0. The quantitative estimate of drug-likeness (QED) is 0.756. The molecule has 0 aliphatic rings. The molecule has 0 radical (unpaired) electrons. The minimum absolute atomic E-state index is 0.0300. The highest BCUT2D eigenvalue weighted by Gasteiger charge is 2.26. The predicted molar refractivity (Wildman–Crippen MR) is 91.2 cm³/mol. The van der Waals surface area contributed by atoms with Crippen LogP contribution >= 0.6 is 11.8 Å². The molecule has 0 saturated heterocycles. The lowest BCUT2D eigenvalue weighted by molar-refractivity contribution is 0.385. The summed E-state index contributed by atoms with van der Waals surface area (Å²) in [4.78, 5) is 0.375. The number of sulfonamides is 1. The van der Waals surface area contributed by atoms with Crippen LogP contribution in [-0.2, 0) is 16.6 Å². The maximum Gasteiger partial charge on any atom is 0.243 e. The van der Waals surface area contributed by atoms with E-state index in [-0.39, 0.29) is 6.04 Å². The molecule has 0 amide bonds. The van der Waals surface area contributed by atoms with Crippen LogP contribution in [-0.4, -0.2) is 44.4 Å². The van der Waals surface area contributed by atoms with Crippen molar-refractivity contribution in [1.29, 1.82) is 0 Å². The van der Waals surface area contributed by atoms with Crippen molar-refractivity contribution in [3.05, 3.63) is 29.8 Å². The van der Waals surface area contributed by atoms with Gasteiger partial charge in [-0.1, -0.05) is 26.0 Å². The van der Waals surface area contributed by atoms with Crippen LogP contribution in [0.2, 0.25) is 0 Å². The molecule has 1 rings (SSSR count). The summed E-state index contributed by atoms with van der Waals surface area (Å²) in [5, 5.41) is 3.21. The smallest absolute Gasteiger partial charge is 0.243 e. The molecule has 0 saturated carbocycles. The summed E-state index contributed by atoms with van der Waals surface area (Å²) >= 11 is 1.67. The average Bonchev–Trinajstić information content (AvgIpc) is 2.50. The summed E-state index contributed by atoms with van der Waals surface area (Å²) in [7, 11) is -1.75. The summed E-state index contributed by atoms with van der Waals surface area (Å²) in [6.07, 6.45) is 2.81. The molecule has 21 heavy (non-hydrogen) atoms. The van der Waals surface area contributed by atoms with E-state index in [0.29, 0.717) is 11.4 Å². The second-order valence-electron chi connectivity index (χ2n) is 4.97. The number of hydrogen-bond acceptors (Lipinski definition) is 4. The number of rotatable bonds is 9. The van der Waals surface area contributed by atoms with E-state index in [9.17, 15) is 8.42 Å². The van der Waals surface area contributed by atoms with E-state index in [0.717, 1.165) is 24.3 Å². The SMILES string of the molecule is CCNCc1cccc(S(=O)(=O)N(C)C(CC)CSC)c1. The van der Waals surface area contributed by atoms with Gasteiger partial charge in [-0.15, -0.1) is 0 Å². The molecule has 1 aromatic rings. The third-order valence-electron chi connectivity index (χ3n) is 3.50. The zero-order valence-electron chi connectivity index (χ0n) is 13.3. The van der Waals surface area contributed by atoms with Crippen molar-refractivity contribution in [3.63, 3.8) is 0 Å². The van der Waals surface area contributed by atoms with Gasteiger partial charge in [0.05, 0.1) is 4.90 Å². The van der Waals surface area contributed by atoms with Gasteiger partial charge in [-0.3, -0.25) is 0 Å². The zero-order valence-corrected chi connectivity index (χ0v) is 14.9. The Kier molecular flexibility index (Phi) is 7.73. The largest absolute Gasteiger partial charge is 0.313 e. The first-order chi connectivity index (χ1) is 9.97. The Bertz CT molecular complexity index is 532. The predicted octanol–water partition coefficient (Wildman–Crippen LogP) is 2.56. The van der Waals surface area contributed by atoms with Crippen LogP contribution in [0.1, 0.15) is 25.8 Å². The van der Waals surface area contributed by atoms with Crippen LogP contribution in [0, 0.1) is 0 Å². The Morgan fingerprint density at radius 1 is 1.33 bits per heavy atom. The van der Waals surface area contributed by atoms with Crippen LogP contribution in [0.5, 0.6) is 0 Å². The molecule has 1 N–H and O–H groups in total. The second-order valence-corrected chi connectivity index (χ2v) is 7.87. The van der Waals surface area contributed by atoms with Crippen molar-refractivity contribution in [2.24, 2.45) is 0 Å². The molecule has 0 aliphatic heterocycles. The first kappa shape index (κ1) is 18.5. The maximum absolute atomic E-state index is 12.7. The lowest BCUT2D eigenvalue weighted by atomic mass is 10.2. The van der Waals surface area contributed by atoms with E-state index in [1.165, 1.54) is 4.31 Å². The molecule has 0 bridgehead atoms. The molecule has 1 atom stereocenters. The van der Waals surface area contributed by atoms with E-state index in [2.05, 4.69) is 5.32 Å². The van der Waals surface area contributed by atoms with Crippen LogP contribution in [0.15, 0.2) is 29.2 Å². The number of nitrogens with one attached hydrogen (secondary N) is 1. The fraction of sp³-hybridized carbons (Fsp3) is 0.600. The van der Waals surface area contributed by atoms with Gasteiger partial charge in [-0.2, -0.15) is 16.1 Å². The van der Waals surface area contributed by atoms with E-state index < -0.39 is 10.0 Å². The summed E-state index contributed by atoms with van der Waals surface area (Å²) in [5.41, 5.74) is 0.990. The van der Waals surface area contributed by atoms with Crippen molar-refractivity contribution < 1.29 is 8.42 Å². The highest BCUT2D eigenvalue weighted by Crippen LogP contribution is 2.20. The Labute approximate surface area is 133 Å². The van der Waals surface area contributed by atoms with Crippen LogP contribution in [0.25, 0.3) is 0 Å². The molecular weight excluding hydrogens is 304 g/mol. The number of benzene rings is 1. The molecule has 0 aliphatic carbocycles. The van der Waals surface area contributed by atoms with Crippen molar-refractivity contribution in [2.75, 3.05) is 25.6 Å². The van der Waals surface area contributed by atoms with Gasteiger partial charge in [-0.05, 0) is 36.9 Å². The first-order valence-electron chi connectivity index (χ1n) is 7.24. The Morgan fingerprint density at radius 3 is 2.62 bits per heavy atom. The lowest BCUT2D eigenvalue weighted by Gasteiger charge is -2.26. The number of thioether (sulfide) groups is 1. The average molecular weight is 331 g/mol. The van der Waals surface area contributed by atoms with Gasteiger partial charge in [0.15, 0.2) is 0 Å².